The molecule has 0 unspecified atom stereocenters. The average Bonchev–Trinajstić information content (AvgIpc) is 1.82. The lowest BCUT2D eigenvalue weighted by atomic mass is 10.3. The first-order chi connectivity index (χ1) is 5.02. The topological polar surface area (TPSA) is 29.1 Å². The molecule has 0 heterocycles. The van der Waals surface area contributed by atoms with Gasteiger partial charge >= 0.3 is 0 Å². The van der Waals surface area contributed by atoms with Crippen LogP contribution in [0.2, 0.25) is 0 Å². The van der Waals surface area contributed by atoms with E-state index in [2.05, 4.69) is 27.8 Å². The Morgan fingerprint density at radius 3 is 2.55 bits per heavy atom. The van der Waals surface area contributed by atoms with Crippen molar-refractivity contribution in [3.8, 4) is 0 Å². The van der Waals surface area contributed by atoms with E-state index in [9.17, 15) is 4.79 Å². The molecule has 1 amide bonds. The van der Waals surface area contributed by atoms with Crippen molar-refractivity contribution < 1.29 is 4.79 Å². The number of hydrogen-bond donors (Lipinski definition) is 1. The third kappa shape index (κ3) is 7.33. The van der Waals surface area contributed by atoms with Crippen LogP contribution in [0, 0.1) is 0 Å². The van der Waals surface area contributed by atoms with Crippen molar-refractivity contribution in [3.05, 3.63) is 22.7 Å². The van der Waals surface area contributed by atoms with Gasteiger partial charge in [0.2, 0.25) is 5.91 Å². The fourth-order valence-corrected chi connectivity index (χ4v) is 0.636. The third-order valence-electron chi connectivity index (χ3n) is 0.874. The van der Waals surface area contributed by atoms with E-state index in [1.54, 1.807) is 6.08 Å². The minimum atomic E-state index is -0.0781. The van der Waals surface area contributed by atoms with Gasteiger partial charge in [-0.3, -0.25) is 4.79 Å². The quantitative estimate of drug-likeness (QED) is 0.721. The van der Waals surface area contributed by atoms with Gasteiger partial charge in [-0.1, -0.05) is 28.1 Å². The normalized spacial score (nSPS) is 8.64. The molecule has 0 fully saturated rings. The summed E-state index contributed by atoms with van der Waals surface area (Å²) in [4.78, 5) is 10.9. The fourth-order valence-electron chi connectivity index (χ4n) is 0.496. The Bertz CT molecular complexity index is 192. The van der Waals surface area contributed by atoms with Crippen molar-refractivity contribution in [2.45, 2.75) is 13.8 Å². The predicted molar refractivity (Wildman–Crippen MR) is 50.5 cm³/mol. The van der Waals surface area contributed by atoms with Crippen LogP contribution in [0.1, 0.15) is 13.8 Å². The molecular weight excluding hydrogens is 206 g/mol. The number of nitrogens with one attached hydrogen (secondary N) is 1. The molecule has 0 aromatic heterocycles. The Hall–Kier alpha value is -0.570. The molecule has 0 saturated carbocycles. The average molecular weight is 218 g/mol. The Labute approximate surface area is 75.5 Å². The van der Waals surface area contributed by atoms with Crippen molar-refractivity contribution in [2.24, 2.45) is 0 Å². The van der Waals surface area contributed by atoms with Crippen molar-refractivity contribution in [1.82, 2.24) is 5.32 Å². The molecule has 2 nitrogen and oxygen atoms in total. The van der Waals surface area contributed by atoms with Gasteiger partial charge in [0.25, 0.3) is 0 Å². The third-order valence-corrected chi connectivity index (χ3v) is 1.15. The van der Waals surface area contributed by atoms with Crippen LogP contribution in [0.3, 0.4) is 0 Å². The maximum atomic E-state index is 10.9. The SMILES string of the molecule is C=C(Br)CNC(=O)C=C(C)C. The lowest BCUT2D eigenvalue weighted by molar-refractivity contribution is -0.116. The lowest BCUT2D eigenvalue weighted by Crippen LogP contribution is -2.22. The molecule has 0 aromatic rings. The number of allylic oxidation sites excluding steroid dienone is 1. The molecule has 11 heavy (non-hydrogen) atoms. The van der Waals surface area contributed by atoms with Gasteiger partial charge in [-0.05, 0) is 13.8 Å². The molecule has 1 N–H and O–H groups in total. The highest BCUT2D eigenvalue weighted by Crippen LogP contribution is 1.96. The highest BCUT2D eigenvalue weighted by molar-refractivity contribution is 9.11. The summed E-state index contributed by atoms with van der Waals surface area (Å²) in [6, 6.07) is 0. The smallest absolute Gasteiger partial charge is 0.244 e. The summed E-state index contributed by atoms with van der Waals surface area (Å²) in [7, 11) is 0. The lowest BCUT2D eigenvalue weighted by Gasteiger charge is -1.98. The Balaban J connectivity index is 3.71. The zero-order chi connectivity index (χ0) is 8.85. The van der Waals surface area contributed by atoms with Crippen molar-refractivity contribution in [1.29, 1.82) is 0 Å². The summed E-state index contributed by atoms with van der Waals surface area (Å²) >= 11 is 3.14. The molecule has 0 radical (unpaired) electrons. The first kappa shape index (κ1) is 10.4. The minimum Gasteiger partial charge on any atom is -0.348 e. The second-order valence-electron chi connectivity index (χ2n) is 2.46. The largest absolute Gasteiger partial charge is 0.348 e. The van der Waals surface area contributed by atoms with Gasteiger partial charge in [-0.15, -0.1) is 0 Å². The standard InChI is InChI=1S/C8H12BrNO/c1-6(2)4-8(11)10-5-7(3)9/h4H,3,5H2,1-2H3,(H,10,11). The number of hydrogen-bond acceptors (Lipinski definition) is 1. The van der Waals surface area contributed by atoms with Crippen LogP contribution in [0.5, 0.6) is 0 Å². The highest BCUT2D eigenvalue weighted by Gasteiger charge is 1.94. The number of halogens is 1. The van der Waals surface area contributed by atoms with Crippen molar-refractivity contribution in [3.63, 3.8) is 0 Å². The van der Waals surface area contributed by atoms with E-state index in [0.717, 1.165) is 10.1 Å². The van der Waals surface area contributed by atoms with Gasteiger partial charge < -0.3 is 5.32 Å². The van der Waals surface area contributed by atoms with E-state index < -0.39 is 0 Å². The Morgan fingerprint density at radius 2 is 2.18 bits per heavy atom. The van der Waals surface area contributed by atoms with Gasteiger partial charge in [-0.2, -0.15) is 0 Å². The molecule has 0 atom stereocenters. The molecule has 0 spiro atoms. The van der Waals surface area contributed by atoms with E-state index in [-0.39, 0.29) is 5.91 Å². The Morgan fingerprint density at radius 1 is 1.64 bits per heavy atom. The fraction of sp³-hybridized carbons (Fsp3) is 0.375. The molecular formula is C8H12BrNO. The van der Waals surface area contributed by atoms with Crippen LogP contribution in [-0.4, -0.2) is 12.5 Å². The van der Waals surface area contributed by atoms with Gasteiger partial charge in [0, 0.05) is 17.1 Å². The van der Waals surface area contributed by atoms with Crippen LogP contribution in [0.25, 0.3) is 0 Å². The second-order valence-corrected chi connectivity index (χ2v) is 3.58. The molecule has 0 rings (SSSR count). The number of carbonyl (C=O) groups excluding carboxylic acids is 1. The zero-order valence-corrected chi connectivity index (χ0v) is 8.36. The maximum Gasteiger partial charge on any atom is 0.244 e. The first-order valence-electron chi connectivity index (χ1n) is 3.28. The summed E-state index contributed by atoms with van der Waals surface area (Å²) in [5, 5.41) is 2.65. The van der Waals surface area contributed by atoms with Crippen LogP contribution < -0.4 is 5.32 Å². The highest BCUT2D eigenvalue weighted by atomic mass is 79.9. The van der Waals surface area contributed by atoms with Crippen LogP contribution in [0.4, 0.5) is 0 Å². The minimum absolute atomic E-state index is 0.0781. The number of amides is 1. The molecule has 0 aliphatic heterocycles. The monoisotopic (exact) mass is 217 g/mol. The van der Waals surface area contributed by atoms with Gasteiger partial charge in [-0.25, -0.2) is 0 Å². The molecule has 0 aliphatic carbocycles. The second kappa shape index (κ2) is 5.13. The van der Waals surface area contributed by atoms with Gasteiger partial charge in [0.1, 0.15) is 0 Å². The van der Waals surface area contributed by atoms with E-state index in [4.69, 9.17) is 0 Å². The van der Waals surface area contributed by atoms with E-state index >= 15 is 0 Å². The molecule has 0 aromatic carbocycles. The molecule has 62 valence electrons. The summed E-state index contributed by atoms with van der Waals surface area (Å²) in [6.07, 6.45) is 1.55. The van der Waals surface area contributed by atoms with Crippen LogP contribution >= 0.6 is 15.9 Å². The predicted octanol–water partition coefficient (Wildman–Crippen LogP) is 1.98. The Kier molecular flexibility index (Phi) is 4.86. The van der Waals surface area contributed by atoms with Crippen LogP contribution in [0.15, 0.2) is 22.7 Å². The molecule has 0 saturated heterocycles. The first-order valence-corrected chi connectivity index (χ1v) is 4.07. The summed E-state index contributed by atoms with van der Waals surface area (Å²) in [6.45, 7) is 7.82. The van der Waals surface area contributed by atoms with Gasteiger partial charge in [0.05, 0.1) is 0 Å². The summed E-state index contributed by atoms with van der Waals surface area (Å²) in [5.74, 6) is -0.0781. The molecule has 0 aliphatic rings. The van der Waals surface area contributed by atoms with Crippen LogP contribution in [-0.2, 0) is 4.79 Å². The molecule has 3 heteroatoms. The number of carbonyl (C=O) groups is 1. The van der Waals surface area contributed by atoms with Crippen molar-refractivity contribution in [2.75, 3.05) is 6.54 Å². The van der Waals surface area contributed by atoms with E-state index in [1.807, 2.05) is 13.8 Å². The van der Waals surface area contributed by atoms with Crippen molar-refractivity contribution >= 4 is 21.8 Å². The van der Waals surface area contributed by atoms with E-state index in [0.29, 0.717) is 6.54 Å². The molecule has 0 bridgehead atoms. The maximum absolute atomic E-state index is 10.9. The summed E-state index contributed by atoms with van der Waals surface area (Å²) in [5.41, 5.74) is 0.989. The van der Waals surface area contributed by atoms with E-state index in [1.165, 1.54) is 0 Å². The zero-order valence-electron chi connectivity index (χ0n) is 6.78. The number of rotatable bonds is 3. The van der Waals surface area contributed by atoms with Gasteiger partial charge in [0.15, 0.2) is 0 Å². The summed E-state index contributed by atoms with van der Waals surface area (Å²) < 4.78 is 0.771.